The first-order chi connectivity index (χ1) is 13.9. The number of hydrogen-bond acceptors (Lipinski definition) is 7. The molecular formula is C21H21BrO7. The average Bonchev–Trinajstić information content (AvgIpc) is 2.72. The second kappa shape index (κ2) is 8.51. The van der Waals surface area contributed by atoms with Crippen molar-refractivity contribution in [1.29, 1.82) is 0 Å². The first-order valence-electron chi connectivity index (χ1n) is 9.24. The number of hydrogen-bond donors (Lipinski definition) is 2. The molecule has 2 fully saturated rings. The van der Waals surface area contributed by atoms with Crippen LogP contribution < -0.4 is 4.74 Å². The monoisotopic (exact) mass is 464 g/mol. The zero-order chi connectivity index (χ0) is 20.5. The Kier molecular flexibility index (Phi) is 6.00. The molecule has 2 heterocycles. The Bertz CT molecular complexity index is 870. The Labute approximate surface area is 176 Å². The predicted octanol–water partition coefficient (Wildman–Crippen LogP) is 2.59. The highest BCUT2D eigenvalue weighted by Crippen LogP contribution is 2.35. The lowest BCUT2D eigenvalue weighted by Gasteiger charge is -2.46. The molecule has 0 spiro atoms. The van der Waals surface area contributed by atoms with Crippen LogP contribution >= 0.6 is 15.9 Å². The third-order valence-corrected chi connectivity index (χ3v) is 5.46. The molecule has 154 valence electrons. The van der Waals surface area contributed by atoms with E-state index in [1.54, 1.807) is 24.3 Å². The van der Waals surface area contributed by atoms with Gasteiger partial charge < -0.3 is 29.2 Å². The highest BCUT2D eigenvalue weighted by atomic mass is 79.9. The maximum atomic E-state index is 11.4. The van der Waals surface area contributed by atoms with Crippen LogP contribution in [0.5, 0.6) is 5.75 Å². The van der Waals surface area contributed by atoms with E-state index in [1.165, 1.54) is 6.92 Å². The Morgan fingerprint density at radius 1 is 1.10 bits per heavy atom. The van der Waals surface area contributed by atoms with Crippen LogP contribution in [0.3, 0.4) is 0 Å². The number of aliphatic hydroxyl groups excluding tert-OH is 2. The van der Waals surface area contributed by atoms with E-state index in [0.29, 0.717) is 11.3 Å². The molecule has 0 bridgehead atoms. The number of carbonyl (C=O) groups is 1. The van der Waals surface area contributed by atoms with Crippen molar-refractivity contribution in [2.24, 2.45) is 0 Å². The summed E-state index contributed by atoms with van der Waals surface area (Å²) in [6.07, 6.45) is -5.65. The van der Waals surface area contributed by atoms with Gasteiger partial charge in [-0.3, -0.25) is 4.79 Å². The van der Waals surface area contributed by atoms with Gasteiger partial charge in [-0.25, -0.2) is 0 Å². The van der Waals surface area contributed by atoms with E-state index in [4.69, 9.17) is 18.9 Å². The van der Waals surface area contributed by atoms with Crippen molar-refractivity contribution in [3.8, 4) is 5.75 Å². The van der Waals surface area contributed by atoms with Crippen LogP contribution in [-0.2, 0) is 14.2 Å². The van der Waals surface area contributed by atoms with Gasteiger partial charge in [-0.2, -0.15) is 0 Å². The van der Waals surface area contributed by atoms with Crippen molar-refractivity contribution >= 4 is 21.7 Å². The van der Waals surface area contributed by atoms with E-state index in [0.717, 1.165) is 10.0 Å². The number of Topliss-reactive ketones (excluding diaryl/α,β-unsaturated/α-hetero) is 1. The van der Waals surface area contributed by atoms with Gasteiger partial charge in [-0.05, 0) is 43.3 Å². The molecule has 2 N–H and O–H groups in total. The topological polar surface area (TPSA) is 94.5 Å². The minimum Gasteiger partial charge on any atom is -0.462 e. The molecule has 2 saturated heterocycles. The molecule has 2 aliphatic rings. The van der Waals surface area contributed by atoms with Gasteiger partial charge >= 0.3 is 0 Å². The van der Waals surface area contributed by atoms with Gasteiger partial charge in [0, 0.05) is 15.6 Å². The number of fused-ring (bicyclic) bond motifs is 1. The number of aliphatic hydroxyl groups is 2. The van der Waals surface area contributed by atoms with Crippen LogP contribution in [0.1, 0.15) is 29.1 Å². The van der Waals surface area contributed by atoms with Crippen LogP contribution in [0.4, 0.5) is 0 Å². The van der Waals surface area contributed by atoms with E-state index in [2.05, 4.69) is 15.9 Å². The number of halogens is 1. The minimum atomic E-state index is -1.31. The van der Waals surface area contributed by atoms with Gasteiger partial charge in [-0.15, -0.1) is 0 Å². The van der Waals surface area contributed by atoms with Crippen molar-refractivity contribution in [2.45, 2.75) is 43.9 Å². The highest BCUT2D eigenvalue weighted by Gasteiger charge is 2.49. The molecule has 0 unspecified atom stereocenters. The van der Waals surface area contributed by atoms with Crippen LogP contribution in [0, 0.1) is 0 Å². The summed E-state index contributed by atoms with van der Waals surface area (Å²) in [5, 5.41) is 21.1. The molecule has 0 saturated carbocycles. The van der Waals surface area contributed by atoms with Crippen molar-refractivity contribution in [2.75, 3.05) is 6.61 Å². The standard InChI is InChI=1S/C21H21BrO7/c1-11(23)12-5-7-15(8-6-12)27-21-18(25)17(24)19-16(28-21)10-26-20(29-19)13-3-2-4-14(22)9-13/h2-9,16-21,24-25H,10H2,1H3/t16-,17+,18+,19+,20+,21-/m1/s1. The zero-order valence-corrected chi connectivity index (χ0v) is 17.2. The molecule has 8 heteroatoms. The highest BCUT2D eigenvalue weighted by molar-refractivity contribution is 9.10. The largest absolute Gasteiger partial charge is 0.462 e. The van der Waals surface area contributed by atoms with Crippen LogP contribution in [0.2, 0.25) is 0 Å². The Balaban J connectivity index is 1.44. The SMILES string of the molecule is CC(=O)c1ccc(O[C@@H]2O[C@@H]3CO[C@H](c4cccc(Br)c4)O[C@@H]3[C@@H](O)[C@@H]2O)cc1. The van der Waals surface area contributed by atoms with Crippen LogP contribution in [0.15, 0.2) is 53.0 Å². The summed E-state index contributed by atoms with van der Waals surface area (Å²) in [5.41, 5.74) is 1.35. The lowest BCUT2D eigenvalue weighted by Crippen LogP contribution is -2.62. The number of ether oxygens (including phenoxy) is 4. The minimum absolute atomic E-state index is 0.0553. The van der Waals surface area contributed by atoms with Crippen molar-refractivity contribution in [3.63, 3.8) is 0 Å². The van der Waals surface area contributed by atoms with Gasteiger partial charge in [0.05, 0.1) is 6.61 Å². The number of benzene rings is 2. The summed E-state index contributed by atoms with van der Waals surface area (Å²) in [4.78, 5) is 11.4. The molecular weight excluding hydrogens is 444 g/mol. The molecule has 0 radical (unpaired) electrons. The van der Waals surface area contributed by atoms with E-state index in [1.807, 2.05) is 24.3 Å². The van der Waals surface area contributed by atoms with Crippen LogP contribution in [-0.4, -0.2) is 53.3 Å². The average molecular weight is 465 g/mol. The van der Waals surface area contributed by atoms with E-state index < -0.39 is 37.0 Å². The molecule has 2 aliphatic heterocycles. The van der Waals surface area contributed by atoms with Crippen molar-refractivity contribution in [3.05, 3.63) is 64.1 Å². The number of ketones is 1. The number of carbonyl (C=O) groups excluding carboxylic acids is 1. The first kappa shape index (κ1) is 20.5. The fourth-order valence-corrected chi connectivity index (χ4v) is 3.82. The summed E-state index contributed by atoms with van der Waals surface area (Å²) in [6, 6.07) is 14.0. The molecule has 7 nitrogen and oxygen atoms in total. The molecule has 0 amide bonds. The Morgan fingerprint density at radius 2 is 1.86 bits per heavy atom. The summed E-state index contributed by atoms with van der Waals surface area (Å²) in [5.74, 6) is 0.356. The summed E-state index contributed by atoms with van der Waals surface area (Å²) in [6.45, 7) is 1.65. The lowest BCUT2D eigenvalue weighted by molar-refractivity contribution is -0.350. The summed E-state index contributed by atoms with van der Waals surface area (Å²) in [7, 11) is 0. The third kappa shape index (κ3) is 4.37. The second-order valence-electron chi connectivity index (χ2n) is 7.04. The van der Waals surface area contributed by atoms with E-state index in [9.17, 15) is 15.0 Å². The molecule has 29 heavy (non-hydrogen) atoms. The van der Waals surface area contributed by atoms with Gasteiger partial charge in [0.15, 0.2) is 12.1 Å². The van der Waals surface area contributed by atoms with Gasteiger partial charge in [0.1, 0.15) is 30.2 Å². The van der Waals surface area contributed by atoms with E-state index in [-0.39, 0.29) is 12.4 Å². The second-order valence-corrected chi connectivity index (χ2v) is 7.96. The number of rotatable bonds is 4. The lowest BCUT2D eigenvalue weighted by atomic mass is 9.98. The molecule has 2 aromatic carbocycles. The fourth-order valence-electron chi connectivity index (χ4n) is 3.40. The quantitative estimate of drug-likeness (QED) is 0.671. The maximum absolute atomic E-state index is 11.4. The predicted molar refractivity (Wildman–Crippen MR) is 105 cm³/mol. The van der Waals surface area contributed by atoms with Crippen molar-refractivity contribution < 1.29 is 34.0 Å². The Hall–Kier alpha value is -1.81. The van der Waals surface area contributed by atoms with Crippen molar-refractivity contribution in [1.82, 2.24) is 0 Å². The summed E-state index contributed by atoms with van der Waals surface area (Å²) < 4.78 is 24.0. The first-order valence-corrected chi connectivity index (χ1v) is 10.0. The maximum Gasteiger partial charge on any atom is 0.229 e. The van der Waals surface area contributed by atoms with Gasteiger partial charge in [-0.1, -0.05) is 28.1 Å². The van der Waals surface area contributed by atoms with Crippen LogP contribution in [0.25, 0.3) is 0 Å². The molecule has 4 rings (SSSR count). The Morgan fingerprint density at radius 3 is 2.55 bits per heavy atom. The third-order valence-electron chi connectivity index (χ3n) is 4.97. The summed E-state index contributed by atoms with van der Waals surface area (Å²) >= 11 is 3.41. The van der Waals surface area contributed by atoms with E-state index >= 15 is 0 Å². The molecule has 0 aromatic heterocycles. The zero-order valence-electron chi connectivity index (χ0n) is 15.6. The fraction of sp³-hybridized carbons (Fsp3) is 0.381. The van der Waals surface area contributed by atoms with Gasteiger partial charge in [0.25, 0.3) is 0 Å². The smallest absolute Gasteiger partial charge is 0.229 e. The van der Waals surface area contributed by atoms with Gasteiger partial charge in [0.2, 0.25) is 6.29 Å². The molecule has 6 atom stereocenters. The normalized spacial score (nSPS) is 31.7. The molecule has 0 aliphatic carbocycles. The molecule has 2 aromatic rings.